The second-order valence-corrected chi connectivity index (χ2v) is 10.6. The molecule has 3 rings (SSSR count). The van der Waals surface area contributed by atoms with Gasteiger partial charge in [-0.05, 0) is 92.0 Å². The summed E-state index contributed by atoms with van der Waals surface area (Å²) in [6.45, 7) is 5.28. The predicted molar refractivity (Wildman–Crippen MR) is 146 cm³/mol. The summed E-state index contributed by atoms with van der Waals surface area (Å²) in [5.74, 6) is 0.841. The molecular formula is C29H40N2O3S. The van der Waals surface area contributed by atoms with Crippen LogP contribution in [0.1, 0.15) is 73.0 Å². The molecule has 0 bridgehead atoms. The standard InChI is InChI=1S/C29H40N2O3S/c1-20-10-8-9-13-24(20)26-18-23(21(2)30-19-22-11-6-5-7-12-22)14-15-25(26)28(32)31-27(16-17-35-4)29(33)34-3/h8-10,13-15,18,21-22,27,30H,5-7,11-12,16-17,19H2,1-4H3,(H,31,32). The summed E-state index contributed by atoms with van der Waals surface area (Å²) in [5.41, 5.74) is 4.74. The van der Waals surface area contributed by atoms with Gasteiger partial charge in [-0.15, -0.1) is 0 Å². The number of ether oxygens (including phenoxy) is 1. The van der Waals surface area contributed by atoms with E-state index in [-0.39, 0.29) is 11.9 Å². The van der Waals surface area contributed by atoms with Crippen molar-refractivity contribution in [2.45, 2.75) is 64.5 Å². The van der Waals surface area contributed by atoms with Crippen LogP contribution in [0.3, 0.4) is 0 Å². The maximum Gasteiger partial charge on any atom is 0.328 e. The van der Waals surface area contributed by atoms with E-state index in [1.165, 1.54) is 39.2 Å². The molecule has 5 nitrogen and oxygen atoms in total. The molecule has 0 saturated heterocycles. The fourth-order valence-corrected chi connectivity index (χ4v) is 5.31. The van der Waals surface area contributed by atoms with Crippen LogP contribution >= 0.6 is 11.8 Å². The molecule has 1 fully saturated rings. The Kier molecular flexibility index (Phi) is 10.7. The highest BCUT2D eigenvalue weighted by Crippen LogP contribution is 2.31. The number of methoxy groups -OCH3 is 1. The van der Waals surface area contributed by atoms with Gasteiger partial charge in [0.2, 0.25) is 0 Å². The predicted octanol–water partition coefficient (Wildman–Crippen LogP) is 5.92. The van der Waals surface area contributed by atoms with Gasteiger partial charge in [-0.25, -0.2) is 4.79 Å². The van der Waals surface area contributed by atoms with E-state index in [9.17, 15) is 9.59 Å². The van der Waals surface area contributed by atoms with E-state index < -0.39 is 12.0 Å². The summed E-state index contributed by atoms with van der Waals surface area (Å²) in [6, 6.07) is 13.7. The number of nitrogens with one attached hydrogen (secondary N) is 2. The van der Waals surface area contributed by atoms with E-state index in [0.29, 0.717) is 12.0 Å². The summed E-state index contributed by atoms with van der Waals surface area (Å²) in [5, 5.41) is 6.65. The fraction of sp³-hybridized carbons (Fsp3) is 0.517. The van der Waals surface area contributed by atoms with Crippen LogP contribution in [0.5, 0.6) is 0 Å². The van der Waals surface area contributed by atoms with E-state index in [2.05, 4.69) is 42.7 Å². The van der Waals surface area contributed by atoms with Crippen LogP contribution in [0, 0.1) is 12.8 Å². The van der Waals surface area contributed by atoms with Crippen LogP contribution in [0.25, 0.3) is 11.1 Å². The second kappa shape index (κ2) is 13.7. The lowest BCUT2D eigenvalue weighted by Gasteiger charge is -2.25. The molecule has 190 valence electrons. The summed E-state index contributed by atoms with van der Waals surface area (Å²) in [7, 11) is 1.36. The first-order valence-corrected chi connectivity index (χ1v) is 14.1. The molecule has 1 amide bonds. The zero-order valence-corrected chi connectivity index (χ0v) is 22.4. The minimum Gasteiger partial charge on any atom is -0.467 e. The van der Waals surface area contributed by atoms with Crippen LogP contribution in [-0.4, -0.2) is 43.6 Å². The Morgan fingerprint density at radius 2 is 1.83 bits per heavy atom. The first kappa shape index (κ1) is 27.3. The maximum absolute atomic E-state index is 13.4. The molecule has 0 spiro atoms. The van der Waals surface area contributed by atoms with E-state index in [1.807, 2.05) is 30.5 Å². The monoisotopic (exact) mass is 496 g/mol. The highest BCUT2D eigenvalue weighted by molar-refractivity contribution is 7.98. The first-order chi connectivity index (χ1) is 16.9. The lowest BCUT2D eigenvalue weighted by atomic mass is 9.88. The summed E-state index contributed by atoms with van der Waals surface area (Å²) in [4.78, 5) is 25.7. The van der Waals surface area contributed by atoms with Crippen molar-refractivity contribution in [2.75, 3.05) is 25.7 Å². The van der Waals surface area contributed by atoms with Crippen LogP contribution < -0.4 is 10.6 Å². The van der Waals surface area contributed by atoms with E-state index >= 15 is 0 Å². The molecule has 2 N–H and O–H groups in total. The third-order valence-corrected chi connectivity index (χ3v) is 7.71. The van der Waals surface area contributed by atoms with Crippen molar-refractivity contribution in [3.05, 3.63) is 59.2 Å². The van der Waals surface area contributed by atoms with Gasteiger partial charge >= 0.3 is 5.97 Å². The van der Waals surface area contributed by atoms with Crippen molar-refractivity contribution in [2.24, 2.45) is 5.92 Å². The van der Waals surface area contributed by atoms with Crippen molar-refractivity contribution in [3.63, 3.8) is 0 Å². The number of hydrogen-bond acceptors (Lipinski definition) is 5. The number of rotatable bonds is 11. The molecule has 1 saturated carbocycles. The number of aryl methyl sites for hydroxylation is 1. The third-order valence-electron chi connectivity index (χ3n) is 7.06. The van der Waals surface area contributed by atoms with Crippen molar-refractivity contribution in [3.8, 4) is 11.1 Å². The van der Waals surface area contributed by atoms with Crippen molar-refractivity contribution < 1.29 is 14.3 Å². The Balaban J connectivity index is 1.87. The smallest absolute Gasteiger partial charge is 0.328 e. The van der Waals surface area contributed by atoms with Crippen molar-refractivity contribution in [1.29, 1.82) is 0 Å². The van der Waals surface area contributed by atoms with Gasteiger partial charge in [-0.2, -0.15) is 11.8 Å². The van der Waals surface area contributed by atoms with E-state index in [4.69, 9.17) is 4.74 Å². The normalized spacial score (nSPS) is 15.9. The Morgan fingerprint density at radius 3 is 2.51 bits per heavy atom. The van der Waals surface area contributed by atoms with E-state index in [1.54, 1.807) is 11.8 Å². The van der Waals surface area contributed by atoms with Gasteiger partial charge in [0.25, 0.3) is 5.91 Å². The van der Waals surface area contributed by atoms with Gasteiger partial charge in [0, 0.05) is 11.6 Å². The number of esters is 1. The summed E-state index contributed by atoms with van der Waals surface area (Å²) in [6.07, 6.45) is 9.17. The zero-order valence-electron chi connectivity index (χ0n) is 21.6. The minimum absolute atomic E-state index is 0.182. The van der Waals surface area contributed by atoms with Gasteiger partial charge in [0.1, 0.15) is 6.04 Å². The molecule has 6 heteroatoms. The number of carbonyl (C=O) groups excluding carboxylic acids is 2. The molecule has 35 heavy (non-hydrogen) atoms. The molecule has 2 aromatic carbocycles. The van der Waals surface area contributed by atoms with Gasteiger partial charge in [0.15, 0.2) is 0 Å². The highest BCUT2D eigenvalue weighted by atomic mass is 32.2. The van der Waals surface area contributed by atoms with Gasteiger partial charge in [-0.3, -0.25) is 4.79 Å². The van der Waals surface area contributed by atoms with Crippen LogP contribution in [0.2, 0.25) is 0 Å². The average Bonchev–Trinajstić information content (AvgIpc) is 2.89. The second-order valence-electron chi connectivity index (χ2n) is 9.58. The van der Waals surface area contributed by atoms with Gasteiger partial charge in [-0.1, -0.05) is 49.6 Å². The molecule has 2 atom stereocenters. The summed E-state index contributed by atoms with van der Waals surface area (Å²) < 4.78 is 4.94. The van der Waals surface area contributed by atoms with Crippen molar-refractivity contribution >= 4 is 23.6 Å². The number of hydrogen-bond donors (Lipinski definition) is 2. The Bertz CT molecular complexity index is 988. The fourth-order valence-electron chi connectivity index (χ4n) is 4.84. The quantitative estimate of drug-likeness (QED) is 0.378. The molecule has 0 aliphatic heterocycles. The molecule has 2 unspecified atom stereocenters. The minimum atomic E-state index is -0.666. The lowest BCUT2D eigenvalue weighted by Crippen LogP contribution is -2.42. The van der Waals surface area contributed by atoms with Gasteiger partial charge < -0.3 is 15.4 Å². The zero-order chi connectivity index (χ0) is 25.2. The number of benzene rings is 2. The average molecular weight is 497 g/mol. The summed E-state index contributed by atoms with van der Waals surface area (Å²) >= 11 is 1.64. The number of amides is 1. The Hall–Kier alpha value is -2.31. The molecule has 0 aromatic heterocycles. The maximum atomic E-state index is 13.4. The molecule has 1 aliphatic carbocycles. The molecule has 2 aromatic rings. The molecular weight excluding hydrogens is 456 g/mol. The van der Waals surface area contributed by atoms with Crippen LogP contribution in [0.15, 0.2) is 42.5 Å². The molecule has 0 radical (unpaired) electrons. The number of carbonyl (C=O) groups is 2. The molecule has 1 aliphatic rings. The Morgan fingerprint density at radius 1 is 1.09 bits per heavy atom. The van der Waals surface area contributed by atoms with Crippen LogP contribution in [-0.2, 0) is 9.53 Å². The number of thioether (sulfide) groups is 1. The lowest BCUT2D eigenvalue weighted by molar-refractivity contribution is -0.142. The van der Waals surface area contributed by atoms with Crippen molar-refractivity contribution in [1.82, 2.24) is 10.6 Å². The highest BCUT2D eigenvalue weighted by Gasteiger charge is 2.24. The SMILES string of the molecule is COC(=O)C(CCSC)NC(=O)c1ccc(C(C)NCC2CCCCC2)cc1-c1ccccc1C. The largest absolute Gasteiger partial charge is 0.467 e. The molecule has 0 heterocycles. The first-order valence-electron chi connectivity index (χ1n) is 12.8. The Labute approximate surface area is 214 Å². The van der Waals surface area contributed by atoms with Crippen LogP contribution in [0.4, 0.5) is 0 Å². The van der Waals surface area contributed by atoms with Gasteiger partial charge in [0.05, 0.1) is 7.11 Å². The third kappa shape index (κ3) is 7.58. The van der Waals surface area contributed by atoms with E-state index in [0.717, 1.165) is 40.5 Å². The topological polar surface area (TPSA) is 67.4 Å².